The summed E-state index contributed by atoms with van der Waals surface area (Å²) in [6.07, 6.45) is 3.44. The third-order valence-electron chi connectivity index (χ3n) is 5.23. The maximum Gasteiger partial charge on any atom is 0.255 e. The zero-order chi connectivity index (χ0) is 20.5. The molecule has 0 spiro atoms. The summed E-state index contributed by atoms with van der Waals surface area (Å²) in [4.78, 5) is 26.0. The normalized spacial score (nSPS) is 13.4. The average Bonchev–Trinajstić information content (AvgIpc) is 3.11. The van der Waals surface area contributed by atoms with Crippen molar-refractivity contribution in [1.29, 1.82) is 0 Å². The lowest BCUT2D eigenvalue weighted by Gasteiger charge is -2.30. The molecule has 2 heterocycles. The van der Waals surface area contributed by atoms with Crippen LogP contribution in [-0.4, -0.2) is 25.0 Å². The maximum atomic E-state index is 13.1. The second-order valence-corrected chi connectivity index (χ2v) is 7.55. The van der Waals surface area contributed by atoms with Gasteiger partial charge in [0.05, 0.1) is 18.4 Å². The van der Waals surface area contributed by atoms with Crippen molar-refractivity contribution in [1.82, 2.24) is 0 Å². The Balaban J connectivity index is 1.61. The van der Waals surface area contributed by atoms with Gasteiger partial charge in [0, 0.05) is 33.6 Å². The summed E-state index contributed by atoms with van der Waals surface area (Å²) >= 11 is 6.16. The number of ether oxygens (including phenoxy) is 1. The number of furan rings is 1. The van der Waals surface area contributed by atoms with Gasteiger partial charge in [0.1, 0.15) is 11.3 Å². The molecule has 0 unspecified atom stereocenters. The summed E-state index contributed by atoms with van der Waals surface area (Å²) in [5.74, 6) is 0.0414. The Morgan fingerprint density at radius 3 is 2.90 bits per heavy atom. The van der Waals surface area contributed by atoms with Gasteiger partial charge in [-0.15, -0.1) is 0 Å². The van der Waals surface area contributed by atoms with Gasteiger partial charge >= 0.3 is 0 Å². The molecule has 0 aliphatic carbocycles. The Bertz CT molecular complexity index is 1110. The van der Waals surface area contributed by atoms with Crippen molar-refractivity contribution in [2.45, 2.75) is 26.2 Å². The van der Waals surface area contributed by atoms with E-state index in [0.717, 1.165) is 40.6 Å². The largest absolute Gasteiger partial charge is 0.483 e. The first kappa shape index (κ1) is 19.3. The van der Waals surface area contributed by atoms with E-state index in [1.807, 2.05) is 31.2 Å². The lowest BCUT2D eigenvalue weighted by Crippen LogP contribution is -2.36. The number of carbonyl (C=O) groups is 2. The van der Waals surface area contributed by atoms with Crippen LogP contribution in [-0.2, 0) is 22.4 Å². The number of nitrogens with zero attached hydrogens (tertiary/aromatic N) is 1. The summed E-state index contributed by atoms with van der Waals surface area (Å²) in [5.41, 5.74) is 9.33. The molecular formula is C22H21ClN2O4. The van der Waals surface area contributed by atoms with Crippen molar-refractivity contribution >= 4 is 40.1 Å². The molecule has 4 rings (SSSR count). The molecule has 2 aromatic carbocycles. The fourth-order valence-corrected chi connectivity index (χ4v) is 3.95. The fraction of sp³-hybridized carbons (Fsp3) is 0.273. The topological polar surface area (TPSA) is 85.8 Å². The van der Waals surface area contributed by atoms with Crippen LogP contribution < -0.4 is 15.4 Å². The summed E-state index contributed by atoms with van der Waals surface area (Å²) in [5, 5.41) is 1.54. The molecule has 3 aromatic rings. The van der Waals surface area contributed by atoms with Gasteiger partial charge in [0.25, 0.3) is 5.91 Å². The first-order valence-electron chi connectivity index (χ1n) is 9.44. The number of anilines is 1. The third-order valence-corrected chi connectivity index (χ3v) is 5.63. The van der Waals surface area contributed by atoms with Crippen molar-refractivity contribution in [2.75, 3.05) is 18.1 Å². The molecule has 6 nitrogen and oxygen atoms in total. The Hall–Kier alpha value is -2.99. The molecule has 1 aromatic heterocycles. The molecular weight excluding hydrogens is 392 g/mol. The SMILES string of the molecule is Cc1c(Cl)ccc2c(CC(=O)N3CCCc4c(OCC(N)=O)cccc43)coc12. The van der Waals surface area contributed by atoms with E-state index in [-0.39, 0.29) is 18.9 Å². The molecule has 2 N–H and O–H groups in total. The molecule has 0 atom stereocenters. The van der Waals surface area contributed by atoms with E-state index in [4.69, 9.17) is 26.5 Å². The standard InChI is InChI=1S/C22H21ClN2O4/c1-13-17(23)8-7-15-14(11-29-22(13)15)10-21(27)25-9-3-4-16-18(25)5-2-6-19(16)28-12-20(24)26/h2,5-8,11H,3-4,9-10,12H2,1H3,(H2,24,26). The molecule has 7 heteroatoms. The van der Waals surface area contributed by atoms with E-state index in [2.05, 4.69) is 0 Å². The van der Waals surface area contributed by atoms with Gasteiger partial charge in [-0.05, 0) is 44.0 Å². The quantitative estimate of drug-likeness (QED) is 0.691. The number of hydrogen-bond donors (Lipinski definition) is 1. The molecule has 0 saturated heterocycles. The van der Waals surface area contributed by atoms with Crippen LogP contribution >= 0.6 is 11.6 Å². The van der Waals surface area contributed by atoms with Crippen molar-refractivity contribution in [3.05, 3.63) is 58.3 Å². The number of carbonyl (C=O) groups excluding carboxylic acids is 2. The lowest BCUT2D eigenvalue weighted by atomic mass is 9.99. The number of halogens is 1. The number of hydrogen-bond acceptors (Lipinski definition) is 4. The van der Waals surface area contributed by atoms with Gasteiger partial charge < -0.3 is 19.8 Å². The Morgan fingerprint density at radius 2 is 2.10 bits per heavy atom. The van der Waals surface area contributed by atoms with Gasteiger partial charge in [-0.25, -0.2) is 0 Å². The third kappa shape index (κ3) is 3.68. The van der Waals surface area contributed by atoms with Crippen molar-refractivity contribution in [3.63, 3.8) is 0 Å². The lowest BCUT2D eigenvalue weighted by molar-refractivity contribution is -0.120. The van der Waals surface area contributed by atoms with E-state index >= 15 is 0 Å². The highest BCUT2D eigenvalue weighted by molar-refractivity contribution is 6.32. The zero-order valence-corrected chi connectivity index (χ0v) is 16.8. The first-order valence-corrected chi connectivity index (χ1v) is 9.82. The van der Waals surface area contributed by atoms with Crippen LogP contribution in [0.1, 0.15) is 23.1 Å². The molecule has 0 fully saturated rings. The Labute approximate surface area is 173 Å². The van der Waals surface area contributed by atoms with Crippen molar-refractivity contribution in [3.8, 4) is 5.75 Å². The van der Waals surface area contributed by atoms with E-state index < -0.39 is 5.91 Å². The van der Waals surface area contributed by atoms with E-state index in [1.165, 1.54) is 0 Å². The fourth-order valence-electron chi connectivity index (χ4n) is 3.80. The number of benzene rings is 2. The smallest absolute Gasteiger partial charge is 0.255 e. The summed E-state index contributed by atoms with van der Waals surface area (Å²) in [6.45, 7) is 2.34. The zero-order valence-electron chi connectivity index (χ0n) is 16.0. The second kappa shape index (κ2) is 7.79. The molecule has 29 heavy (non-hydrogen) atoms. The number of amides is 2. The van der Waals surface area contributed by atoms with Gasteiger partial charge in [-0.3, -0.25) is 9.59 Å². The van der Waals surface area contributed by atoms with Crippen LogP contribution in [0.15, 0.2) is 41.0 Å². The van der Waals surface area contributed by atoms with Gasteiger partial charge in [-0.2, -0.15) is 0 Å². The minimum atomic E-state index is -0.534. The summed E-state index contributed by atoms with van der Waals surface area (Å²) in [6, 6.07) is 9.23. The first-order chi connectivity index (χ1) is 14.0. The van der Waals surface area contributed by atoms with Crippen LogP contribution in [0.3, 0.4) is 0 Å². The summed E-state index contributed by atoms with van der Waals surface area (Å²) < 4.78 is 11.2. The van der Waals surface area contributed by atoms with Crippen molar-refractivity contribution in [2.24, 2.45) is 5.73 Å². The summed E-state index contributed by atoms with van der Waals surface area (Å²) in [7, 11) is 0. The predicted octanol–water partition coefficient (Wildman–Crippen LogP) is 3.78. The van der Waals surface area contributed by atoms with E-state index in [0.29, 0.717) is 22.9 Å². The maximum absolute atomic E-state index is 13.1. The molecule has 1 aliphatic heterocycles. The van der Waals surface area contributed by atoms with Gasteiger partial charge in [0.15, 0.2) is 6.61 Å². The highest BCUT2D eigenvalue weighted by Gasteiger charge is 2.26. The van der Waals surface area contributed by atoms with Gasteiger partial charge in [0.2, 0.25) is 5.91 Å². The Kier molecular flexibility index (Phi) is 5.20. The van der Waals surface area contributed by atoms with Crippen LogP contribution in [0.25, 0.3) is 11.0 Å². The number of rotatable bonds is 5. The molecule has 0 bridgehead atoms. The van der Waals surface area contributed by atoms with Crippen LogP contribution in [0.4, 0.5) is 5.69 Å². The predicted molar refractivity (Wildman–Crippen MR) is 111 cm³/mol. The monoisotopic (exact) mass is 412 g/mol. The van der Waals surface area contributed by atoms with Crippen molar-refractivity contribution < 1.29 is 18.7 Å². The van der Waals surface area contributed by atoms with E-state index in [9.17, 15) is 9.59 Å². The highest BCUT2D eigenvalue weighted by atomic mass is 35.5. The average molecular weight is 413 g/mol. The van der Waals surface area contributed by atoms with Crippen LogP contribution in [0, 0.1) is 6.92 Å². The van der Waals surface area contributed by atoms with Crippen LogP contribution in [0.5, 0.6) is 5.75 Å². The molecule has 0 saturated carbocycles. The van der Waals surface area contributed by atoms with Crippen LogP contribution in [0.2, 0.25) is 5.02 Å². The molecule has 0 radical (unpaired) electrons. The molecule has 150 valence electrons. The number of nitrogens with two attached hydrogens (primary N) is 1. The number of fused-ring (bicyclic) bond motifs is 2. The second-order valence-electron chi connectivity index (χ2n) is 7.14. The minimum Gasteiger partial charge on any atom is -0.483 e. The number of primary amides is 1. The Morgan fingerprint density at radius 1 is 1.28 bits per heavy atom. The molecule has 1 aliphatic rings. The number of aryl methyl sites for hydroxylation is 1. The highest BCUT2D eigenvalue weighted by Crippen LogP contribution is 2.35. The van der Waals surface area contributed by atoms with Gasteiger partial charge in [-0.1, -0.05) is 17.7 Å². The molecule has 2 amide bonds. The van der Waals surface area contributed by atoms with E-state index in [1.54, 1.807) is 17.2 Å². The minimum absolute atomic E-state index is 0.0201.